The molecule has 0 fully saturated rings. The molecule has 1 rings (SSSR count). The summed E-state index contributed by atoms with van der Waals surface area (Å²) in [6.07, 6.45) is 0. The minimum Gasteiger partial charge on any atom is -0.374 e. The van der Waals surface area contributed by atoms with Crippen LogP contribution in [0.2, 0.25) is 5.02 Å². The van der Waals surface area contributed by atoms with Gasteiger partial charge in [-0.15, -0.1) is 0 Å². The predicted molar refractivity (Wildman–Crippen MR) is 72.3 cm³/mol. The minimum atomic E-state index is 0.645. The van der Waals surface area contributed by atoms with Gasteiger partial charge in [-0.3, -0.25) is 0 Å². The van der Waals surface area contributed by atoms with Gasteiger partial charge in [0.2, 0.25) is 0 Å². The topological polar surface area (TPSA) is 15.3 Å². The Morgan fingerprint density at radius 2 is 2.06 bits per heavy atom. The van der Waals surface area contributed by atoms with E-state index >= 15 is 0 Å². The highest BCUT2D eigenvalue weighted by Crippen LogP contribution is 2.24. The van der Waals surface area contributed by atoms with Crippen molar-refractivity contribution in [1.82, 2.24) is 5.32 Å². The first kappa shape index (κ1) is 13.3. The second-order valence-corrected chi connectivity index (χ2v) is 5.01. The zero-order valence-electron chi connectivity index (χ0n) is 10.5. The van der Waals surface area contributed by atoms with Crippen LogP contribution in [0.4, 0.5) is 5.69 Å². The third kappa shape index (κ3) is 3.69. The molecule has 0 spiro atoms. The summed E-state index contributed by atoms with van der Waals surface area (Å²) >= 11 is 6.05. The molecule has 16 heavy (non-hydrogen) atoms. The maximum Gasteiger partial charge on any atom is 0.0426 e. The molecule has 0 atom stereocenters. The van der Waals surface area contributed by atoms with E-state index in [-0.39, 0.29) is 0 Å². The van der Waals surface area contributed by atoms with Gasteiger partial charge in [0.25, 0.3) is 0 Å². The van der Waals surface area contributed by atoms with Gasteiger partial charge < -0.3 is 10.2 Å². The van der Waals surface area contributed by atoms with Crippen molar-refractivity contribution < 1.29 is 0 Å². The van der Waals surface area contributed by atoms with Gasteiger partial charge in [-0.1, -0.05) is 31.5 Å². The summed E-state index contributed by atoms with van der Waals surface area (Å²) in [7, 11) is 4.08. The summed E-state index contributed by atoms with van der Waals surface area (Å²) in [5.74, 6) is 0.645. The predicted octanol–water partition coefficient (Wildman–Crippen LogP) is 3.15. The number of hydrogen-bond donors (Lipinski definition) is 1. The molecule has 0 aliphatic rings. The Balaban J connectivity index is 2.94. The summed E-state index contributed by atoms with van der Waals surface area (Å²) in [5.41, 5.74) is 2.51. The van der Waals surface area contributed by atoms with E-state index in [0.717, 1.165) is 18.1 Å². The number of nitrogens with one attached hydrogen (secondary N) is 1. The van der Waals surface area contributed by atoms with E-state index in [0.29, 0.717) is 5.92 Å². The molecule has 2 nitrogen and oxygen atoms in total. The Morgan fingerprint density at radius 3 is 2.62 bits per heavy atom. The average molecular weight is 241 g/mol. The smallest absolute Gasteiger partial charge is 0.0426 e. The van der Waals surface area contributed by atoms with Crippen LogP contribution in [0.5, 0.6) is 0 Å². The summed E-state index contributed by atoms with van der Waals surface area (Å²) in [4.78, 5) is 2.27. The van der Waals surface area contributed by atoms with Gasteiger partial charge >= 0.3 is 0 Å². The summed E-state index contributed by atoms with van der Waals surface area (Å²) < 4.78 is 0. The van der Waals surface area contributed by atoms with E-state index in [4.69, 9.17) is 11.6 Å². The molecule has 0 radical (unpaired) electrons. The van der Waals surface area contributed by atoms with E-state index in [9.17, 15) is 0 Å². The number of anilines is 1. The van der Waals surface area contributed by atoms with Crippen molar-refractivity contribution in [2.24, 2.45) is 5.92 Å². The van der Waals surface area contributed by atoms with Gasteiger partial charge in [0.05, 0.1) is 0 Å². The number of halogens is 1. The molecule has 0 saturated carbocycles. The fraction of sp³-hybridized carbons (Fsp3) is 0.538. The van der Waals surface area contributed by atoms with Crippen LogP contribution in [0.3, 0.4) is 0 Å². The van der Waals surface area contributed by atoms with E-state index in [1.807, 2.05) is 19.2 Å². The Bertz CT molecular complexity index is 337. The van der Waals surface area contributed by atoms with E-state index in [1.54, 1.807) is 0 Å². The first-order valence-electron chi connectivity index (χ1n) is 5.68. The molecule has 0 saturated heterocycles. The quantitative estimate of drug-likeness (QED) is 0.851. The molecule has 3 heteroatoms. The Kier molecular flexibility index (Phi) is 5.10. The number of benzene rings is 1. The molecule has 0 aromatic heterocycles. The number of nitrogens with zero attached hydrogens (tertiary/aromatic N) is 1. The van der Waals surface area contributed by atoms with Crippen molar-refractivity contribution in [3.8, 4) is 0 Å². The van der Waals surface area contributed by atoms with Crippen LogP contribution in [0.15, 0.2) is 18.2 Å². The molecule has 90 valence electrons. The lowest BCUT2D eigenvalue weighted by molar-refractivity contribution is 0.636. The second-order valence-electron chi connectivity index (χ2n) is 4.58. The highest BCUT2D eigenvalue weighted by atomic mass is 35.5. The Hall–Kier alpha value is -0.730. The highest BCUT2D eigenvalue weighted by Gasteiger charge is 2.09. The normalized spacial score (nSPS) is 10.9. The monoisotopic (exact) mass is 240 g/mol. The first-order valence-corrected chi connectivity index (χ1v) is 6.06. The lowest BCUT2D eigenvalue weighted by atomic mass is 10.1. The molecule has 0 aliphatic heterocycles. The van der Waals surface area contributed by atoms with Crippen LogP contribution >= 0.6 is 11.6 Å². The molecule has 0 bridgehead atoms. The maximum atomic E-state index is 6.05. The van der Waals surface area contributed by atoms with Gasteiger partial charge in [-0.25, -0.2) is 0 Å². The Labute approximate surface area is 104 Å². The van der Waals surface area contributed by atoms with Crippen LogP contribution < -0.4 is 10.2 Å². The van der Waals surface area contributed by atoms with Crippen LogP contribution in [-0.2, 0) is 6.54 Å². The van der Waals surface area contributed by atoms with Crippen molar-refractivity contribution in [2.75, 3.05) is 25.5 Å². The van der Waals surface area contributed by atoms with Gasteiger partial charge in [0.15, 0.2) is 0 Å². The Morgan fingerprint density at radius 1 is 1.38 bits per heavy atom. The number of hydrogen-bond acceptors (Lipinski definition) is 2. The van der Waals surface area contributed by atoms with Crippen molar-refractivity contribution in [3.63, 3.8) is 0 Å². The fourth-order valence-electron chi connectivity index (χ4n) is 1.88. The molecule has 0 amide bonds. The van der Waals surface area contributed by atoms with Crippen molar-refractivity contribution >= 4 is 17.3 Å². The third-order valence-corrected chi connectivity index (χ3v) is 2.70. The van der Waals surface area contributed by atoms with E-state index < -0.39 is 0 Å². The zero-order valence-corrected chi connectivity index (χ0v) is 11.3. The SMILES string of the molecule is CNCc1ccc(Cl)cc1N(C)CC(C)C. The van der Waals surface area contributed by atoms with Gasteiger partial charge in [-0.2, -0.15) is 0 Å². The van der Waals surface area contributed by atoms with Crippen LogP contribution in [0, 0.1) is 5.92 Å². The lowest BCUT2D eigenvalue weighted by Gasteiger charge is -2.24. The second kappa shape index (κ2) is 6.12. The molecule has 1 aromatic carbocycles. The molecular weight excluding hydrogens is 220 g/mol. The highest BCUT2D eigenvalue weighted by molar-refractivity contribution is 6.30. The average Bonchev–Trinajstić information content (AvgIpc) is 2.20. The third-order valence-electron chi connectivity index (χ3n) is 2.46. The molecule has 0 unspecified atom stereocenters. The summed E-state index contributed by atoms with van der Waals surface area (Å²) in [6, 6.07) is 6.07. The first-order chi connectivity index (χ1) is 7.54. The largest absolute Gasteiger partial charge is 0.374 e. The molecule has 1 N–H and O–H groups in total. The molecular formula is C13H21ClN2. The standard InChI is InChI=1S/C13H21ClN2/c1-10(2)9-16(4)13-7-12(14)6-5-11(13)8-15-3/h5-7,10,15H,8-9H2,1-4H3. The van der Waals surface area contributed by atoms with Crippen molar-refractivity contribution in [1.29, 1.82) is 0 Å². The van der Waals surface area contributed by atoms with E-state index in [2.05, 4.69) is 37.2 Å². The fourth-order valence-corrected chi connectivity index (χ4v) is 2.04. The van der Waals surface area contributed by atoms with Gasteiger partial charge in [-0.05, 0) is 30.7 Å². The van der Waals surface area contributed by atoms with Gasteiger partial charge in [0.1, 0.15) is 0 Å². The van der Waals surface area contributed by atoms with E-state index in [1.165, 1.54) is 11.3 Å². The zero-order chi connectivity index (χ0) is 12.1. The van der Waals surface area contributed by atoms with Crippen molar-refractivity contribution in [2.45, 2.75) is 20.4 Å². The minimum absolute atomic E-state index is 0.645. The maximum absolute atomic E-state index is 6.05. The van der Waals surface area contributed by atoms with Crippen LogP contribution in [-0.4, -0.2) is 20.6 Å². The number of rotatable bonds is 5. The molecule has 1 aromatic rings. The summed E-state index contributed by atoms with van der Waals surface area (Å²) in [5, 5.41) is 3.98. The van der Waals surface area contributed by atoms with Crippen molar-refractivity contribution in [3.05, 3.63) is 28.8 Å². The molecule has 0 aliphatic carbocycles. The summed E-state index contributed by atoms with van der Waals surface area (Å²) in [6.45, 7) is 6.35. The lowest BCUT2D eigenvalue weighted by Crippen LogP contribution is -2.24. The van der Waals surface area contributed by atoms with Crippen LogP contribution in [0.25, 0.3) is 0 Å². The van der Waals surface area contributed by atoms with Crippen LogP contribution in [0.1, 0.15) is 19.4 Å². The molecule has 0 heterocycles. The van der Waals surface area contributed by atoms with Gasteiger partial charge in [0, 0.05) is 30.8 Å².